The fourth-order valence-electron chi connectivity index (χ4n) is 2.49. The van der Waals surface area contributed by atoms with E-state index in [0.29, 0.717) is 11.3 Å². The number of hydrogen-bond donors (Lipinski definition) is 1. The molecule has 1 aromatic heterocycles. The van der Waals surface area contributed by atoms with Crippen molar-refractivity contribution in [1.29, 1.82) is 0 Å². The minimum Gasteiger partial charge on any atom is -0.319 e. The second kappa shape index (κ2) is 6.32. The standard InChI is InChI=1S/C18H21F3N2/c1-17(2,3)11-13-5-4-10-23-16(13)15(22)12-6-8-14(9-7-12)18(19,20)21/h4-10,15H,11,22H2,1-3H3/t15-/m0/s1. The number of nitrogens with zero attached hydrogens (tertiary/aromatic N) is 1. The summed E-state index contributed by atoms with van der Waals surface area (Å²) in [5.41, 5.74) is 7.99. The summed E-state index contributed by atoms with van der Waals surface area (Å²) < 4.78 is 37.9. The zero-order valence-electron chi connectivity index (χ0n) is 13.5. The molecule has 23 heavy (non-hydrogen) atoms. The average molecular weight is 322 g/mol. The predicted molar refractivity (Wildman–Crippen MR) is 84.9 cm³/mol. The van der Waals surface area contributed by atoms with Crippen molar-refractivity contribution in [3.8, 4) is 0 Å². The lowest BCUT2D eigenvalue weighted by Gasteiger charge is -2.22. The molecular weight excluding hydrogens is 301 g/mol. The van der Waals surface area contributed by atoms with Gasteiger partial charge in [0.05, 0.1) is 17.3 Å². The van der Waals surface area contributed by atoms with Crippen molar-refractivity contribution in [3.63, 3.8) is 0 Å². The van der Waals surface area contributed by atoms with Gasteiger partial charge in [0, 0.05) is 6.20 Å². The molecule has 0 bridgehead atoms. The first kappa shape index (κ1) is 17.5. The van der Waals surface area contributed by atoms with Crippen molar-refractivity contribution in [2.24, 2.45) is 11.1 Å². The fourth-order valence-corrected chi connectivity index (χ4v) is 2.49. The number of benzene rings is 1. The fraction of sp³-hybridized carbons (Fsp3) is 0.389. The predicted octanol–water partition coefficient (Wildman–Crippen LogP) is 4.74. The number of halogens is 3. The van der Waals surface area contributed by atoms with Gasteiger partial charge >= 0.3 is 6.18 Å². The SMILES string of the molecule is CC(C)(C)Cc1cccnc1[C@@H](N)c1ccc(C(F)(F)F)cc1. The van der Waals surface area contributed by atoms with Crippen molar-refractivity contribution in [2.75, 3.05) is 0 Å². The summed E-state index contributed by atoms with van der Waals surface area (Å²) in [6, 6.07) is 8.23. The molecule has 2 nitrogen and oxygen atoms in total. The Labute approximate surface area is 134 Å². The average Bonchev–Trinajstić information content (AvgIpc) is 2.45. The van der Waals surface area contributed by atoms with Crippen LogP contribution in [0.1, 0.15) is 49.2 Å². The van der Waals surface area contributed by atoms with Crippen LogP contribution in [0.3, 0.4) is 0 Å². The van der Waals surface area contributed by atoms with E-state index in [1.807, 2.05) is 12.1 Å². The highest BCUT2D eigenvalue weighted by Gasteiger charge is 2.30. The highest BCUT2D eigenvalue weighted by molar-refractivity contribution is 5.35. The lowest BCUT2D eigenvalue weighted by molar-refractivity contribution is -0.137. The van der Waals surface area contributed by atoms with Crippen molar-refractivity contribution in [3.05, 3.63) is 65.0 Å². The van der Waals surface area contributed by atoms with Gasteiger partial charge in [-0.25, -0.2) is 0 Å². The van der Waals surface area contributed by atoms with Gasteiger partial charge in [0.1, 0.15) is 0 Å². The molecule has 2 rings (SSSR count). The van der Waals surface area contributed by atoms with Gasteiger partial charge < -0.3 is 5.73 Å². The summed E-state index contributed by atoms with van der Waals surface area (Å²) in [5, 5.41) is 0. The molecule has 0 spiro atoms. The molecular formula is C18H21F3N2. The van der Waals surface area contributed by atoms with Gasteiger partial charge in [0.2, 0.25) is 0 Å². The normalized spacial score (nSPS) is 13.9. The first-order valence-electron chi connectivity index (χ1n) is 7.44. The minimum absolute atomic E-state index is 0.0671. The molecule has 0 saturated heterocycles. The van der Waals surface area contributed by atoms with Gasteiger partial charge in [-0.2, -0.15) is 13.2 Å². The molecule has 0 amide bonds. The Bertz CT molecular complexity index is 655. The monoisotopic (exact) mass is 322 g/mol. The highest BCUT2D eigenvalue weighted by atomic mass is 19.4. The van der Waals surface area contributed by atoms with Crippen LogP contribution in [-0.2, 0) is 12.6 Å². The Kier molecular flexibility index (Phi) is 4.80. The van der Waals surface area contributed by atoms with Crippen LogP contribution in [0, 0.1) is 5.41 Å². The second-order valence-electron chi connectivity index (χ2n) is 6.88. The van der Waals surface area contributed by atoms with E-state index < -0.39 is 17.8 Å². The van der Waals surface area contributed by atoms with Crippen molar-refractivity contribution >= 4 is 0 Å². The maximum Gasteiger partial charge on any atom is 0.416 e. The number of pyridine rings is 1. The lowest BCUT2D eigenvalue weighted by Crippen LogP contribution is -2.19. The molecule has 0 fully saturated rings. The largest absolute Gasteiger partial charge is 0.416 e. The Hall–Kier alpha value is -1.88. The molecule has 0 saturated carbocycles. The molecule has 124 valence electrons. The first-order valence-corrected chi connectivity index (χ1v) is 7.44. The number of nitrogens with two attached hydrogens (primary N) is 1. The van der Waals surface area contributed by atoms with Crippen LogP contribution in [0.25, 0.3) is 0 Å². The van der Waals surface area contributed by atoms with E-state index in [2.05, 4.69) is 25.8 Å². The summed E-state index contributed by atoms with van der Waals surface area (Å²) in [4.78, 5) is 4.36. The third kappa shape index (κ3) is 4.55. The molecule has 0 unspecified atom stereocenters. The quantitative estimate of drug-likeness (QED) is 0.886. The van der Waals surface area contributed by atoms with E-state index in [0.717, 1.165) is 24.1 Å². The molecule has 0 radical (unpaired) electrons. The van der Waals surface area contributed by atoms with Crippen LogP contribution in [0.15, 0.2) is 42.6 Å². The lowest BCUT2D eigenvalue weighted by atomic mass is 9.86. The van der Waals surface area contributed by atoms with Gasteiger partial charge in [-0.15, -0.1) is 0 Å². The maximum atomic E-state index is 12.6. The molecule has 1 aromatic carbocycles. The molecule has 1 atom stereocenters. The van der Waals surface area contributed by atoms with Gasteiger partial charge in [-0.1, -0.05) is 39.0 Å². The minimum atomic E-state index is -4.34. The summed E-state index contributed by atoms with van der Waals surface area (Å²) in [6.45, 7) is 6.36. The first-order chi connectivity index (χ1) is 10.6. The Morgan fingerprint density at radius 1 is 1.04 bits per heavy atom. The Balaban J connectivity index is 2.32. The number of hydrogen-bond acceptors (Lipinski definition) is 2. The van der Waals surface area contributed by atoms with E-state index in [9.17, 15) is 13.2 Å². The molecule has 0 aliphatic heterocycles. The van der Waals surface area contributed by atoms with Crippen LogP contribution in [0.2, 0.25) is 0 Å². The van der Waals surface area contributed by atoms with E-state index in [1.165, 1.54) is 12.1 Å². The zero-order chi connectivity index (χ0) is 17.3. The van der Waals surface area contributed by atoms with Gasteiger partial charge in [0.25, 0.3) is 0 Å². The van der Waals surface area contributed by atoms with Crippen LogP contribution in [0.5, 0.6) is 0 Å². The van der Waals surface area contributed by atoms with Gasteiger partial charge in [-0.05, 0) is 41.2 Å². The van der Waals surface area contributed by atoms with Crippen LogP contribution in [-0.4, -0.2) is 4.98 Å². The maximum absolute atomic E-state index is 12.6. The number of alkyl halides is 3. The molecule has 1 heterocycles. The second-order valence-corrected chi connectivity index (χ2v) is 6.88. The highest BCUT2D eigenvalue weighted by Crippen LogP contribution is 2.31. The van der Waals surface area contributed by atoms with Crippen LogP contribution < -0.4 is 5.73 Å². The van der Waals surface area contributed by atoms with E-state index >= 15 is 0 Å². The molecule has 5 heteroatoms. The Morgan fingerprint density at radius 3 is 2.17 bits per heavy atom. The van der Waals surface area contributed by atoms with Gasteiger partial charge in [-0.3, -0.25) is 4.98 Å². The zero-order valence-corrected chi connectivity index (χ0v) is 13.5. The molecule has 0 aliphatic rings. The summed E-state index contributed by atoms with van der Waals surface area (Å²) in [5.74, 6) is 0. The molecule has 0 aliphatic carbocycles. The van der Waals surface area contributed by atoms with Crippen LogP contribution in [0.4, 0.5) is 13.2 Å². The third-order valence-corrected chi connectivity index (χ3v) is 3.54. The van der Waals surface area contributed by atoms with Crippen LogP contribution >= 0.6 is 0 Å². The smallest absolute Gasteiger partial charge is 0.319 e. The number of rotatable bonds is 3. The van der Waals surface area contributed by atoms with Crippen molar-refractivity contribution in [2.45, 2.75) is 39.4 Å². The number of aromatic nitrogens is 1. The summed E-state index contributed by atoms with van der Waals surface area (Å²) >= 11 is 0. The van der Waals surface area contributed by atoms with Crippen molar-refractivity contribution < 1.29 is 13.2 Å². The van der Waals surface area contributed by atoms with Gasteiger partial charge in [0.15, 0.2) is 0 Å². The Morgan fingerprint density at radius 2 is 1.65 bits per heavy atom. The topological polar surface area (TPSA) is 38.9 Å². The summed E-state index contributed by atoms with van der Waals surface area (Å²) in [7, 11) is 0. The third-order valence-electron chi connectivity index (χ3n) is 3.54. The molecule has 2 aromatic rings. The molecule has 2 N–H and O–H groups in total. The van der Waals surface area contributed by atoms with Crippen molar-refractivity contribution in [1.82, 2.24) is 4.98 Å². The van der Waals surface area contributed by atoms with E-state index in [-0.39, 0.29) is 5.41 Å². The van der Waals surface area contributed by atoms with E-state index in [4.69, 9.17) is 5.73 Å². The van der Waals surface area contributed by atoms with E-state index in [1.54, 1.807) is 6.20 Å². The summed E-state index contributed by atoms with van der Waals surface area (Å²) in [6.07, 6.45) is -1.89.